The third-order valence-corrected chi connectivity index (χ3v) is 3.20. The Morgan fingerprint density at radius 1 is 1.46 bits per heavy atom. The molecule has 0 aromatic heterocycles. The van der Waals surface area contributed by atoms with Gasteiger partial charge in [-0.25, -0.2) is 0 Å². The number of hydrogen-bond donors (Lipinski definition) is 0. The van der Waals surface area contributed by atoms with E-state index in [1.165, 1.54) is 0 Å². The Balaban J connectivity index is 2.55. The van der Waals surface area contributed by atoms with Gasteiger partial charge in [-0.2, -0.15) is 10.5 Å². The van der Waals surface area contributed by atoms with E-state index in [2.05, 4.69) is 12.1 Å². The molecule has 2 heteroatoms. The van der Waals surface area contributed by atoms with Crippen LogP contribution in [0, 0.1) is 39.9 Å². The van der Waals surface area contributed by atoms with E-state index >= 15 is 0 Å². The first-order valence-electron chi connectivity index (χ1n) is 4.38. The van der Waals surface area contributed by atoms with Crippen molar-refractivity contribution in [2.75, 3.05) is 0 Å². The summed E-state index contributed by atoms with van der Waals surface area (Å²) in [6.07, 6.45) is 4.05. The van der Waals surface area contributed by atoms with Crippen molar-refractivity contribution in [2.45, 2.75) is 13.8 Å². The molecule has 0 aliphatic heterocycles. The summed E-state index contributed by atoms with van der Waals surface area (Å²) in [6.45, 7) is 3.98. The summed E-state index contributed by atoms with van der Waals surface area (Å²) in [5.74, 6) is 0.0170. The van der Waals surface area contributed by atoms with Gasteiger partial charge in [-0.1, -0.05) is 19.1 Å². The van der Waals surface area contributed by atoms with Crippen LogP contribution in [0.4, 0.5) is 0 Å². The second-order valence-electron chi connectivity index (χ2n) is 3.79. The third kappa shape index (κ3) is 0.711. The number of allylic oxidation sites excluding steroid dienone is 4. The lowest BCUT2D eigenvalue weighted by atomic mass is 9.85. The maximum absolute atomic E-state index is 9.11. The number of rotatable bonds is 0. The summed E-state index contributed by atoms with van der Waals surface area (Å²) in [5.41, 5.74) is 1.67. The number of nitriles is 2. The van der Waals surface area contributed by atoms with Crippen molar-refractivity contribution >= 4 is 0 Å². The van der Waals surface area contributed by atoms with E-state index in [1.54, 1.807) is 0 Å². The van der Waals surface area contributed by atoms with Gasteiger partial charge in [0.25, 0.3) is 0 Å². The van der Waals surface area contributed by atoms with E-state index in [-0.39, 0.29) is 11.8 Å². The Labute approximate surface area is 77.8 Å². The molecule has 3 unspecified atom stereocenters. The quantitative estimate of drug-likeness (QED) is 0.559. The Kier molecular flexibility index (Phi) is 1.39. The Hall–Kier alpha value is -1.54. The molecule has 0 bridgehead atoms. The van der Waals surface area contributed by atoms with Gasteiger partial charge in [-0.3, -0.25) is 0 Å². The molecule has 3 atom stereocenters. The summed E-state index contributed by atoms with van der Waals surface area (Å²) in [4.78, 5) is 0. The fraction of sp³-hybridized carbons (Fsp3) is 0.455. The molecule has 0 N–H and O–H groups in total. The molecule has 2 rings (SSSR count). The van der Waals surface area contributed by atoms with Gasteiger partial charge >= 0.3 is 0 Å². The van der Waals surface area contributed by atoms with Crippen LogP contribution in [0.5, 0.6) is 0 Å². The topological polar surface area (TPSA) is 47.6 Å². The minimum absolute atomic E-state index is 0.164. The van der Waals surface area contributed by atoms with Crippen molar-refractivity contribution in [3.63, 3.8) is 0 Å². The molecule has 0 saturated heterocycles. The highest BCUT2D eigenvalue weighted by Crippen LogP contribution is 2.65. The molecular formula is C11H10N2. The zero-order valence-electron chi connectivity index (χ0n) is 7.70. The van der Waals surface area contributed by atoms with Crippen LogP contribution in [0.15, 0.2) is 23.3 Å². The zero-order chi connectivity index (χ0) is 9.64. The van der Waals surface area contributed by atoms with Gasteiger partial charge in [0.2, 0.25) is 0 Å². The highest BCUT2D eigenvalue weighted by atomic mass is 14.7. The molecule has 64 valence electrons. The summed E-state index contributed by atoms with van der Waals surface area (Å²) in [6, 6.07) is 4.52. The largest absolute Gasteiger partial charge is 0.198 e. The number of fused-ring (bicyclic) bond motifs is 1. The van der Waals surface area contributed by atoms with E-state index in [1.807, 2.05) is 26.0 Å². The van der Waals surface area contributed by atoms with Crippen LogP contribution in [-0.4, -0.2) is 0 Å². The lowest BCUT2D eigenvalue weighted by molar-refractivity contribution is 0.497. The molecule has 0 heterocycles. The van der Waals surface area contributed by atoms with Crippen molar-refractivity contribution in [2.24, 2.45) is 17.3 Å². The first-order chi connectivity index (χ1) is 6.18. The Morgan fingerprint density at radius 3 is 2.62 bits per heavy atom. The fourth-order valence-electron chi connectivity index (χ4n) is 2.33. The van der Waals surface area contributed by atoms with Gasteiger partial charge in [-0.05, 0) is 24.0 Å². The van der Waals surface area contributed by atoms with Crippen LogP contribution in [0.3, 0.4) is 0 Å². The molecule has 2 nitrogen and oxygen atoms in total. The van der Waals surface area contributed by atoms with Gasteiger partial charge in [0.05, 0.1) is 18.1 Å². The number of hydrogen-bond acceptors (Lipinski definition) is 2. The zero-order valence-corrected chi connectivity index (χ0v) is 7.70. The van der Waals surface area contributed by atoms with Crippen LogP contribution in [0.25, 0.3) is 0 Å². The Morgan fingerprint density at radius 2 is 2.15 bits per heavy atom. The SMILES string of the molecule is CC1=C2C(C#N)C2(C#N)C(C)C=C1. The molecular weight excluding hydrogens is 160 g/mol. The molecule has 0 aromatic carbocycles. The standard InChI is InChI=1S/C11H10N2/c1-7-3-4-8(2)11(6-13)9(5-12)10(7)11/h3-4,8-9H,1-2H3. The van der Waals surface area contributed by atoms with Crippen molar-refractivity contribution in [3.05, 3.63) is 23.3 Å². The predicted octanol–water partition coefficient (Wildman–Crippen LogP) is 2.17. The normalized spacial score (nSPS) is 40.6. The average Bonchev–Trinajstić information content (AvgIpc) is 2.82. The maximum Gasteiger partial charge on any atom is 0.106 e. The fourth-order valence-corrected chi connectivity index (χ4v) is 2.33. The van der Waals surface area contributed by atoms with Gasteiger partial charge in [-0.15, -0.1) is 0 Å². The molecule has 1 saturated carbocycles. The Bertz CT molecular complexity index is 403. The molecule has 0 spiro atoms. The summed E-state index contributed by atoms with van der Waals surface area (Å²) in [5, 5.41) is 18.0. The maximum atomic E-state index is 9.11. The monoisotopic (exact) mass is 170 g/mol. The van der Waals surface area contributed by atoms with Crippen molar-refractivity contribution in [1.29, 1.82) is 10.5 Å². The minimum Gasteiger partial charge on any atom is -0.198 e. The summed E-state index contributed by atoms with van der Waals surface area (Å²) >= 11 is 0. The lowest BCUT2D eigenvalue weighted by Crippen LogP contribution is -2.12. The van der Waals surface area contributed by atoms with Gasteiger partial charge in [0, 0.05) is 0 Å². The first kappa shape index (κ1) is 8.08. The summed E-state index contributed by atoms with van der Waals surface area (Å²) in [7, 11) is 0. The van der Waals surface area contributed by atoms with Crippen LogP contribution < -0.4 is 0 Å². The molecule has 0 amide bonds. The predicted molar refractivity (Wildman–Crippen MR) is 48.2 cm³/mol. The highest BCUT2D eigenvalue weighted by molar-refractivity contribution is 5.58. The second-order valence-corrected chi connectivity index (χ2v) is 3.79. The highest BCUT2D eigenvalue weighted by Gasteiger charge is 2.65. The van der Waals surface area contributed by atoms with Crippen LogP contribution >= 0.6 is 0 Å². The van der Waals surface area contributed by atoms with E-state index in [0.29, 0.717) is 0 Å². The van der Waals surface area contributed by atoms with Crippen LogP contribution in [0.2, 0.25) is 0 Å². The minimum atomic E-state index is -0.479. The smallest absolute Gasteiger partial charge is 0.106 e. The van der Waals surface area contributed by atoms with E-state index in [4.69, 9.17) is 10.5 Å². The molecule has 0 aromatic rings. The van der Waals surface area contributed by atoms with Crippen molar-refractivity contribution in [1.82, 2.24) is 0 Å². The lowest BCUT2D eigenvalue weighted by Gasteiger charge is -2.14. The first-order valence-corrected chi connectivity index (χ1v) is 4.38. The van der Waals surface area contributed by atoms with E-state index in [9.17, 15) is 0 Å². The van der Waals surface area contributed by atoms with Crippen LogP contribution in [0.1, 0.15) is 13.8 Å². The second kappa shape index (κ2) is 2.24. The molecule has 1 fully saturated rings. The molecule has 2 aliphatic carbocycles. The van der Waals surface area contributed by atoms with Crippen molar-refractivity contribution in [3.8, 4) is 12.1 Å². The van der Waals surface area contributed by atoms with E-state index in [0.717, 1.165) is 11.1 Å². The van der Waals surface area contributed by atoms with Crippen LogP contribution in [-0.2, 0) is 0 Å². The van der Waals surface area contributed by atoms with Gasteiger partial charge in [0.1, 0.15) is 5.41 Å². The van der Waals surface area contributed by atoms with Crippen molar-refractivity contribution < 1.29 is 0 Å². The van der Waals surface area contributed by atoms with Gasteiger partial charge < -0.3 is 0 Å². The summed E-state index contributed by atoms with van der Waals surface area (Å²) < 4.78 is 0. The molecule has 2 aliphatic rings. The average molecular weight is 170 g/mol. The third-order valence-electron chi connectivity index (χ3n) is 3.20. The number of nitrogens with zero attached hydrogens (tertiary/aromatic N) is 2. The van der Waals surface area contributed by atoms with E-state index < -0.39 is 5.41 Å². The van der Waals surface area contributed by atoms with Gasteiger partial charge in [0.15, 0.2) is 0 Å². The molecule has 0 radical (unpaired) electrons. The molecule has 13 heavy (non-hydrogen) atoms.